The van der Waals surface area contributed by atoms with Gasteiger partial charge < -0.3 is 19.5 Å². The molecule has 0 saturated heterocycles. The largest absolute Gasteiger partial charge is 0.611 e. The zero-order valence-electron chi connectivity index (χ0n) is 25.6. The smallest absolute Gasteiger partial charge is 0.345 e. The SMILES string of the molecule is CC12CCC(O)CC1CCC1C2CCC2(C)C(CC(CC3(O)CCC(OC(F)F)CC3)[S+]([O-])c3ccccc3)CCC12. The van der Waals surface area contributed by atoms with Crippen LogP contribution in [0.25, 0.3) is 0 Å². The normalized spacial score (nSPS) is 45.1. The summed E-state index contributed by atoms with van der Waals surface area (Å²) in [5, 5.41) is 21.9. The van der Waals surface area contributed by atoms with Crippen LogP contribution in [0.3, 0.4) is 0 Å². The Morgan fingerprint density at radius 2 is 1.60 bits per heavy atom. The van der Waals surface area contributed by atoms with Crippen LogP contribution in [0.1, 0.15) is 110 Å². The van der Waals surface area contributed by atoms with Crippen LogP contribution in [0.2, 0.25) is 0 Å². The maximum atomic E-state index is 14.1. The summed E-state index contributed by atoms with van der Waals surface area (Å²) in [5.74, 6) is 3.33. The number of benzene rings is 1. The fourth-order valence-corrected chi connectivity index (χ4v) is 12.8. The van der Waals surface area contributed by atoms with Crippen molar-refractivity contribution in [1.82, 2.24) is 0 Å². The van der Waals surface area contributed by atoms with Crippen LogP contribution in [0, 0.1) is 40.4 Å². The highest BCUT2D eigenvalue weighted by Gasteiger charge is 2.60. The maximum Gasteiger partial charge on any atom is 0.345 e. The summed E-state index contributed by atoms with van der Waals surface area (Å²) < 4.78 is 44.5. The number of alkyl halides is 2. The second kappa shape index (κ2) is 12.2. The third-order valence-corrected chi connectivity index (χ3v) is 15.1. The van der Waals surface area contributed by atoms with Crippen LogP contribution in [-0.2, 0) is 15.9 Å². The Kier molecular flexibility index (Phi) is 9.10. The van der Waals surface area contributed by atoms with Gasteiger partial charge in [-0.15, -0.1) is 0 Å². The third-order valence-electron chi connectivity index (χ3n) is 13.4. The van der Waals surface area contributed by atoms with Gasteiger partial charge in [0.05, 0.1) is 17.8 Å². The average molecular weight is 607 g/mol. The summed E-state index contributed by atoms with van der Waals surface area (Å²) in [4.78, 5) is 0.815. The highest BCUT2D eigenvalue weighted by molar-refractivity contribution is 7.92. The number of hydrogen-bond donors (Lipinski definition) is 2. The van der Waals surface area contributed by atoms with Gasteiger partial charge in [0, 0.05) is 6.42 Å². The second-order valence-electron chi connectivity index (χ2n) is 15.4. The van der Waals surface area contributed by atoms with E-state index in [-0.39, 0.29) is 16.8 Å². The van der Waals surface area contributed by atoms with Gasteiger partial charge >= 0.3 is 6.61 Å². The number of aliphatic hydroxyl groups excluding tert-OH is 1. The van der Waals surface area contributed by atoms with E-state index in [4.69, 9.17) is 4.74 Å². The number of aliphatic hydroxyl groups is 2. The molecule has 1 aromatic rings. The predicted molar refractivity (Wildman–Crippen MR) is 161 cm³/mol. The topological polar surface area (TPSA) is 72.8 Å². The minimum atomic E-state index is -2.78. The molecule has 0 aromatic heterocycles. The zero-order chi connectivity index (χ0) is 29.7. The number of fused-ring (bicyclic) bond motifs is 5. The number of halogens is 2. The molecular formula is C35H52F2O4S. The molecule has 0 radical (unpaired) electrons. The maximum absolute atomic E-state index is 14.1. The minimum absolute atomic E-state index is 0.117. The Balaban J connectivity index is 1.18. The molecular weight excluding hydrogens is 554 g/mol. The fraction of sp³-hybridized carbons (Fsp3) is 0.829. The standard InChI is InChI=1S/C35H52F2O4S/c1-33-16-12-25(38)20-23(33)8-10-29-30-11-9-24(34(30,2)17-15-31(29)33)21-28(42(40)27-6-4-3-5-7-27)22-35(39)18-13-26(14-19-35)41-32(36)37/h3-7,23-26,28-32,38-39H,8-22H2,1-2H3. The molecule has 10 atom stereocenters. The van der Waals surface area contributed by atoms with Crippen molar-refractivity contribution in [2.45, 2.75) is 145 Å². The molecule has 5 saturated carbocycles. The Morgan fingerprint density at radius 3 is 2.31 bits per heavy atom. The molecule has 0 amide bonds. The summed E-state index contributed by atoms with van der Waals surface area (Å²) in [7, 11) is 0. The number of rotatable bonds is 8. The van der Waals surface area contributed by atoms with Crippen LogP contribution in [0.15, 0.2) is 35.2 Å². The van der Waals surface area contributed by atoms with E-state index in [9.17, 15) is 23.5 Å². The molecule has 6 rings (SSSR count). The molecule has 0 aliphatic heterocycles. The van der Waals surface area contributed by atoms with Gasteiger partial charge in [-0.05, 0) is 154 Å². The van der Waals surface area contributed by atoms with E-state index in [0.717, 1.165) is 48.8 Å². The van der Waals surface area contributed by atoms with Crippen LogP contribution < -0.4 is 0 Å². The van der Waals surface area contributed by atoms with Gasteiger partial charge in [0.1, 0.15) is 5.25 Å². The molecule has 5 aliphatic rings. The molecule has 10 unspecified atom stereocenters. The third kappa shape index (κ3) is 5.96. The number of hydrogen-bond acceptors (Lipinski definition) is 4. The molecule has 4 nitrogen and oxygen atoms in total. The quantitative estimate of drug-likeness (QED) is 0.295. The van der Waals surface area contributed by atoms with Gasteiger partial charge in [-0.25, -0.2) is 0 Å². The van der Waals surface area contributed by atoms with Crippen molar-refractivity contribution in [3.05, 3.63) is 30.3 Å². The van der Waals surface area contributed by atoms with E-state index in [1.807, 2.05) is 30.3 Å². The lowest BCUT2D eigenvalue weighted by atomic mass is 9.44. The first-order valence-electron chi connectivity index (χ1n) is 16.8. The zero-order valence-corrected chi connectivity index (χ0v) is 26.4. The van der Waals surface area contributed by atoms with E-state index in [1.165, 1.54) is 32.1 Å². The number of ether oxygens (including phenoxy) is 1. The van der Waals surface area contributed by atoms with Crippen LogP contribution >= 0.6 is 0 Å². The Hall–Kier alpha value is -0.730. The molecule has 7 heteroatoms. The van der Waals surface area contributed by atoms with Crippen molar-refractivity contribution in [3.63, 3.8) is 0 Å². The van der Waals surface area contributed by atoms with Gasteiger partial charge in [-0.1, -0.05) is 32.0 Å². The van der Waals surface area contributed by atoms with Crippen molar-refractivity contribution >= 4 is 11.2 Å². The van der Waals surface area contributed by atoms with Crippen molar-refractivity contribution in [1.29, 1.82) is 0 Å². The molecule has 0 heterocycles. The predicted octanol–water partition coefficient (Wildman–Crippen LogP) is 7.88. The second-order valence-corrected chi connectivity index (χ2v) is 17.1. The highest BCUT2D eigenvalue weighted by atomic mass is 32.2. The lowest BCUT2D eigenvalue weighted by Gasteiger charge is -2.61. The summed E-state index contributed by atoms with van der Waals surface area (Å²) in [5.41, 5.74) is -0.412. The monoisotopic (exact) mass is 606 g/mol. The van der Waals surface area contributed by atoms with Crippen LogP contribution in [-0.4, -0.2) is 44.4 Å². The average Bonchev–Trinajstić information content (AvgIpc) is 3.30. The van der Waals surface area contributed by atoms with Gasteiger partial charge in [-0.3, -0.25) is 0 Å². The van der Waals surface area contributed by atoms with Gasteiger partial charge in [0.2, 0.25) is 0 Å². The molecule has 0 bridgehead atoms. The Morgan fingerprint density at radius 1 is 0.905 bits per heavy atom. The van der Waals surface area contributed by atoms with Crippen LogP contribution in [0.5, 0.6) is 0 Å². The van der Waals surface area contributed by atoms with Gasteiger partial charge in [0.15, 0.2) is 4.90 Å². The molecule has 1 aromatic carbocycles. The molecule has 0 spiro atoms. The van der Waals surface area contributed by atoms with Crippen molar-refractivity contribution in [2.75, 3.05) is 0 Å². The summed E-state index contributed by atoms with van der Waals surface area (Å²) in [6.07, 6.45) is 12.8. The Labute approximate surface area is 254 Å². The van der Waals surface area contributed by atoms with E-state index in [0.29, 0.717) is 55.3 Å². The van der Waals surface area contributed by atoms with Gasteiger partial charge in [-0.2, -0.15) is 8.78 Å². The lowest BCUT2D eigenvalue weighted by Crippen LogP contribution is -2.54. The molecule has 236 valence electrons. The molecule has 2 N–H and O–H groups in total. The first kappa shape index (κ1) is 31.3. The van der Waals surface area contributed by atoms with Crippen LogP contribution in [0.4, 0.5) is 8.78 Å². The molecule has 5 aliphatic carbocycles. The van der Waals surface area contributed by atoms with E-state index in [1.54, 1.807) is 0 Å². The minimum Gasteiger partial charge on any atom is -0.611 e. The van der Waals surface area contributed by atoms with Crippen molar-refractivity contribution in [2.24, 2.45) is 40.4 Å². The summed E-state index contributed by atoms with van der Waals surface area (Å²) in [6.45, 7) is 2.28. The summed E-state index contributed by atoms with van der Waals surface area (Å²) in [6, 6.07) is 9.68. The van der Waals surface area contributed by atoms with E-state index < -0.39 is 29.5 Å². The fourth-order valence-electron chi connectivity index (χ4n) is 11.1. The van der Waals surface area contributed by atoms with E-state index in [2.05, 4.69) is 13.8 Å². The lowest BCUT2D eigenvalue weighted by molar-refractivity contribution is -0.181. The van der Waals surface area contributed by atoms with Gasteiger partial charge in [0.25, 0.3) is 0 Å². The van der Waals surface area contributed by atoms with E-state index >= 15 is 0 Å². The highest BCUT2D eigenvalue weighted by Crippen LogP contribution is 2.68. The Bertz CT molecular complexity index is 1050. The van der Waals surface area contributed by atoms with Crippen molar-refractivity contribution in [3.8, 4) is 0 Å². The van der Waals surface area contributed by atoms with Crippen molar-refractivity contribution < 1.29 is 28.3 Å². The first-order chi connectivity index (χ1) is 20.0. The molecule has 42 heavy (non-hydrogen) atoms. The summed E-state index contributed by atoms with van der Waals surface area (Å²) >= 11 is -1.25. The molecule has 5 fully saturated rings. The first-order valence-corrected chi connectivity index (χ1v) is 18.0.